The number of nitrogens with two attached hydrogens (primary N) is 1. The fourth-order valence-corrected chi connectivity index (χ4v) is 2.22. The molecule has 1 fully saturated rings. The molecule has 0 bridgehead atoms. The van der Waals surface area contributed by atoms with Gasteiger partial charge in [-0.1, -0.05) is 0 Å². The minimum atomic E-state index is 0. The van der Waals surface area contributed by atoms with Crippen molar-refractivity contribution in [2.24, 2.45) is 5.73 Å². The van der Waals surface area contributed by atoms with Crippen LogP contribution in [0.15, 0.2) is 18.3 Å². The Balaban J connectivity index is 0.00000162. The topological polar surface area (TPSA) is 51.4 Å². The lowest BCUT2D eigenvalue weighted by Crippen LogP contribution is -2.42. The van der Waals surface area contributed by atoms with Gasteiger partial charge >= 0.3 is 0 Å². The number of aromatic nitrogens is 1. The van der Waals surface area contributed by atoms with Crippen LogP contribution in [-0.2, 0) is 6.54 Å². The highest BCUT2D eigenvalue weighted by atomic mass is 35.5. The number of hydrogen-bond acceptors (Lipinski definition) is 4. The van der Waals surface area contributed by atoms with E-state index in [1.54, 1.807) is 6.20 Å². The van der Waals surface area contributed by atoms with Crippen LogP contribution >= 0.6 is 12.4 Å². The molecule has 4 nitrogen and oxygen atoms in total. The van der Waals surface area contributed by atoms with Gasteiger partial charge in [0, 0.05) is 19.1 Å². The first kappa shape index (κ1) is 15.2. The number of piperidine rings is 1. The number of nitrogens with zero attached hydrogens (tertiary/aromatic N) is 2. The molecular formula is C13H22ClN3O. The monoisotopic (exact) mass is 271 g/mol. The number of rotatable bonds is 4. The number of halogens is 1. The van der Waals surface area contributed by atoms with Gasteiger partial charge < -0.3 is 10.5 Å². The van der Waals surface area contributed by atoms with Gasteiger partial charge in [-0.25, -0.2) is 0 Å². The van der Waals surface area contributed by atoms with Crippen molar-refractivity contribution in [2.75, 3.05) is 19.7 Å². The first-order valence-corrected chi connectivity index (χ1v) is 6.33. The van der Waals surface area contributed by atoms with Gasteiger partial charge in [-0.3, -0.25) is 9.88 Å². The smallest absolute Gasteiger partial charge is 0.137 e. The predicted molar refractivity (Wildman–Crippen MR) is 75.1 cm³/mol. The molecule has 1 unspecified atom stereocenters. The van der Waals surface area contributed by atoms with E-state index in [-0.39, 0.29) is 12.4 Å². The molecule has 2 N–H and O–H groups in total. The van der Waals surface area contributed by atoms with E-state index >= 15 is 0 Å². The first-order valence-electron chi connectivity index (χ1n) is 6.33. The van der Waals surface area contributed by atoms with E-state index in [9.17, 15) is 0 Å². The zero-order chi connectivity index (χ0) is 12.1. The van der Waals surface area contributed by atoms with Crippen LogP contribution in [0.3, 0.4) is 0 Å². The van der Waals surface area contributed by atoms with E-state index in [2.05, 4.69) is 9.88 Å². The van der Waals surface area contributed by atoms with Gasteiger partial charge in [0.05, 0.1) is 18.5 Å². The van der Waals surface area contributed by atoms with Crippen molar-refractivity contribution in [3.63, 3.8) is 0 Å². The number of ether oxygens (including phenoxy) is 1. The molecule has 1 aromatic rings. The van der Waals surface area contributed by atoms with E-state index in [1.165, 1.54) is 6.42 Å². The fourth-order valence-electron chi connectivity index (χ4n) is 2.22. The van der Waals surface area contributed by atoms with Gasteiger partial charge in [0.2, 0.25) is 0 Å². The summed E-state index contributed by atoms with van der Waals surface area (Å²) in [4.78, 5) is 6.78. The SMILES string of the molecule is CCOc1ccc(CN2CCCC(N)C2)nc1.Cl. The molecule has 2 heterocycles. The van der Waals surface area contributed by atoms with Gasteiger partial charge in [0.25, 0.3) is 0 Å². The second-order valence-corrected chi connectivity index (χ2v) is 4.56. The molecule has 1 aliphatic heterocycles. The molecule has 0 radical (unpaired) electrons. The summed E-state index contributed by atoms with van der Waals surface area (Å²) >= 11 is 0. The average molecular weight is 272 g/mol. The van der Waals surface area contributed by atoms with E-state index in [0.29, 0.717) is 12.6 Å². The molecule has 2 rings (SSSR count). The van der Waals surface area contributed by atoms with E-state index in [0.717, 1.165) is 37.5 Å². The maximum atomic E-state index is 5.96. The van der Waals surface area contributed by atoms with Crippen LogP contribution in [0.2, 0.25) is 0 Å². The maximum Gasteiger partial charge on any atom is 0.137 e. The first-order chi connectivity index (χ1) is 8.28. The predicted octanol–water partition coefficient (Wildman–Crippen LogP) is 1.83. The van der Waals surface area contributed by atoms with Crippen LogP contribution in [0.25, 0.3) is 0 Å². The van der Waals surface area contributed by atoms with Gasteiger partial charge in [0.1, 0.15) is 5.75 Å². The zero-order valence-corrected chi connectivity index (χ0v) is 11.7. The van der Waals surface area contributed by atoms with Gasteiger partial charge in [0.15, 0.2) is 0 Å². The summed E-state index contributed by atoms with van der Waals surface area (Å²) in [6.45, 7) is 5.66. The molecule has 5 heteroatoms. The average Bonchev–Trinajstić information content (AvgIpc) is 2.32. The summed E-state index contributed by atoms with van der Waals surface area (Å²) < 4.78 is 5.37. The highest BCUT2D eigenvalue weighted by molar-refractivity contribution is 5.85. The summed E-state index contributed by atoms with van der Waals surface area (Å²) in [6.07, 6.45) is 4.13. The van der Waals surface area contributed by atoms with Gasteiger partial charge in [-0.05, 0) is 38.4 Å². The van der Waals surface area contributed by atoms with Crippen molar-refractivity contribution >= 4 is 12.4 Å². The van der Waals surface area contributed by atoms with E-state index < -0.39 is 0 Å². The third-order valence-corrected chi connectivity index (χ3v) is 3.04. The van der Waals surface area contributed by atoms with Crippen molar-refractivity contribution < 1.29 is 4.74 Å². The lowest BCUT2D eigenvalue weighted by atomic mass is 10.1. The Morgan fingerprint density at radius 2 is 2.33 bits per heavy atom. The Labute approximate surface area is 115 Å². The summed E-state index contributed by atoms with van der Waals surface area (Å²) in [5.41, 5.74) is 7.05. The summed E-state index contributed by atoms with van der Waals surface area (Å²) in [5, 5.41) is 0. The van der Waals surface area contributed by atoms with Crippen molar-refractivity contribution in [2.45, 2.75) is 32.4 Å². The molecule has 1 atom stereocenters. The molecule has 0 spiro atoms. The molecule has 18 heavy (non-hydrogen) atoms. The fraction of sp³-hybridized carbons (Fsp3) is 0.615. The van der Waals surface area contributed by atoms with Crippen LogP contribution in [0, 0.1) is 0 Å². The normalized spacial score (nSPS) is 20.2. The Kier molecular flexibility index (Phi) is 6.39. The minimum Gasteiger partial charge on any atom is -0.492 e. The standard InChI is InChI=1S/C13H21N3O.ClH/c1-2-17-13-6-5-12(15-8-13)10-16-7-3-4-11(14)9-16;/h5-6,8,11H,2-4,7,9-10,14H2,1H3;1H. The molecule has 0 aromatic carbocycles. The molecule has 1 saturated heterocycles. The zero-order valence-electron chi connectivity index (χ0n) is 10.8. The number of pyridine rings is 1. The second kappa shape index (κ2) is 7.56. The van der Waals surface area contributed by atoms with E-state index in [4.69, 9.17) is 10.5 Å². The quantitative estimate of drug-likeness (QED) is 0.908. The van der Waals surface area contributed by atoms with Crippen LogP contribution < -0.4 is 10.5 Å². The Morgan fingerprint density at radius 1 is 1.50 bits per heavy atom. The van der Waals surface area contributed by atoms with E-state index in [1.807, 2.05) is 19.1 Å². The van der Waals surface area contributed by atoms with Gasteiger partial charge in [-0.15, -0.1) is 12.4 Å². The maximum absolute atomic E-state index is 5.96. The minimum absolute atomic E-state index is 0. The lowest BCUT2D eigenvalue weighted by molar-refractivity contribution is 0.199. The Hall–Kier alpha value is -0.840. The van der Waals surface area contributed by atoms with Crippen molar-refractivity contribution in [3.8, 4) is 5.75 Å². The molecule has 0 aliphatic carbocycles. The lowest BCUT2D eigenvalue weighted by Gasteiger charge is -2.30. The highest BCUT2D eigenvalue weighted by Crippen LogP contribution is 2.13. The summed E-state index contributed by atoms with van der Waals surface area (Å²) in [6, 6.07) is 4.34. The Bertz CT molecular complexity index is 345. The Morgan fingerprint density at radius 3 is 2.94 bits per heavy atom. The third kappa shape index (κ3) is 4.44. The van der Waals surface area contributed by atoms with Crippen LogP contribution in [0.1, 0.15) is 25.5 Å². The highest BCUT2D eigenvalue weighted by Gasteiger charge is 2.16. The molecule has 0 amide bonds. The molecule has 1 aliphatic rings. The summed E-state index contributed by atoms with van der Waals surface area (Å²) in [5.74, 6) is 0.839. The van der Waals surface area contributed by atoms with Crippen LogP contribution in [0.4, 0.5) is 0 Å². The van der Waals surface area contributed by atoms with Crippen molar-refractivity contribution in [3.05, 3.63) is 24.0 Å². The number of hydrogen-bond donors (Lipinski definition) is 1. The third-order valence-electron chi connectivity index (χ3n) is 3.04. The molecular weight excluding hydrogens is 250 g/mol. The molecule has 0 saturated carbocycles. The summed E-state index contributed by atoms with van der Waals surface area (Å²) in [7, 11) is 0. The number of likely N-dealkylation sites (tertiary alicyclic amines) is 1. The molecule has 1 aromatic heterocycles. The largest absolute Gasteiger partial charge is 0.492 e. The van der Waals surface area contributed by atoms with Crippen molar-refractivity contribution in [1.82, 2.24) is 9.88 Å². The van der Waals surface area contributed by atoms with Crippen LogP contribution in [-0.4, -0.2) is 35.6 Å². The van der Waals surface area contributed by atoms with Crippen molar-refractivity contribution in [1.29, 1.82) is 0 Å². The molecule has 102 valence electrons. The van der Waals surface area contributed by atoms with Gasteiger partial charge in [-0.2, -0.15) is 0 Å². The van der Waals surface area contributed by atoms with Crippen LogP contribution in [0.5, 0.6) is 5.75 Å². The second-order valence-electron chi connectivity index (χ2n) is 4.56.